The fourth-order valence-corrected chi connectivity index (χ4v) is 1.72. The molecule has 0 saturated heterocycles. The zero-order valence-electron chi connectivity index (χ0n) is 11.3. The molecule has 1 aromatic carbocycles. The Morgan fingerprint density at radius 2 is 2.17 bits per heavy atom. The second-order valence-electron chi connectivity index (χ2n) is 4.57. The molecule has 1 aromatic rings. The van der Waals surface area contributed by atoms with Crippen LogP contribution >= 0.6 is 0 Å². The van der Waals surface area contributed by atoms with E-state index in [1.165, 1.54) is 11.1 Å². The quantitative estimate of drug-likeness (QED) is 0.751. The summed E-state index contributed by atoms with van der Waals surface area (Å²) >= 11 is 0. The smallest absolute Gasteiger partial charge is 0.319 e. The first-order valence-electron chi connectivity index (χ1n) is 6.34. The van der Waals surface area contributed by atoms with E-state index in [1.807, 2.05) is 18.2 Å². The molecular weight excluding hydrogens is 228 g/mol. The lowest BCUT2D eigenvalue weighted by atomic mass is 10.0. The van der Waals surface area contributed by atoms with Crippen molar-refractivity contribution >= 4 is 11.7 Å². The molecular formula is C14H22N2O2. The molecule has 0 bridgehead atoms. The average Bonchev–Trinajstić information content (AvgIpc) is 2.33. The Morgan fingerprint density at radius 3 is 2.78 bits per heavy atom. The highest BCUT2D eigenvalue weighted by molar-refractivity contribution is 5.89. The number of hydrogen-bond acceptors (Lipinski definition) is 2. The van der Waals surface area contributed by atoms with Gasteiger partial charge in [0.05, 0.1) is 12.6 Å². The van der Waals surface area contributed by atoms with Crippen LogP contribution in [0.3, 0.4) is 0 Å². The molecule has 1 rings (SSSR count). The molecule has 0 heterocycles. The third-order valence-electron chi connectivity index (χ3n) is 2.78. The topological polar surface area (TPSA) is 61.4 Å². The largest absolute Gasteiger partial charge is 0.394 e. The summed E-state index contributed by atoms with van der Waals surface area (Å²) < 4.78 is 0. The molecule has 0 aliphatic heterocycles. The lowest BCUT2D eigenvalue weighted by molar-refractivity contribution is 0.229. The number of hydrogen-bond donors (Lipinski definition) is 3. The minimum Gasteiger partial charge on any atom is -0.394 e. The predicted molar refractivity (Wildman–Crippen MR) is 73.9 cm³/mol. The normalized spacial score (nSPS) is 12.0. The van der Waals surface area contributed by atoms with Gasteiger partial charge in [0.15, 0.2) is 0 Å². The number of benzene rings is 1. The van der Waals surface area contributed by atoms with Crippen molar-refractivity contribution in [3.05, 3.63) is 29.3 Å². The minimum atomic E-state index is -0.289. The summed E-state index contributed by atoms with van der Waals surface area (Å²) in [5.74, 6) is 0. The molecule has 4 heteroatoms. The van der Waals surface area contributed by atoms with E-state index in [-0.39, 0.29) is 18.7 Å². The number of aliphatic hydroxyl groups is 1. The third-order valence-corrected chi connectivity index (χ3v) is 2.78. The highest BCUT2D eigenvalue weighted by atomic mass is 16.3. The summed E-state index contributed by atoms with van der Waals surface area (Å²) in [7, 11) is 0. The van der Waals surface area contributed by atoms with Crippen LogP contribution in [0.5, 0.6) is 0 Å². The molecule has 1 atom stereocenters. The molecule has 0 saturated carbocycles. The highest BCUT2D eigenvalue weighted by Crippen LogP contribution is 2.16. The number of aryl methyl sites for hydroxylation is 2. The summed E-state index contributed by atoms with van der Waals surface area (Å²) in [6.45, 7) is 5.89. The minimum absolute atomic E-state index is 0.0671. The van der Waals surface area contributed by atoms with Gasteiger partial charge in [-0.1, -0.05) is 19.4 Å². The van der Waals surface area contributed by atoms with E-state index < -0.39 is 0 Å². The van der Waals surface area contributed by atoms with Crippen LogP contribution in [-0.2, 0) is 6.42 Å². The summed E-state index contributed by atoms with van der Waals surface area (Å²) in [4.78, 5) is 11.6. The van der Waals surface area contributed by atoms with Crippen molar-refractivity contribution < 1.29 is 9.90 Å². The predicted octanol–water partition coefficient (Wildman–Crippen LogP) is 2.45. The van der Waals surface area contributed by atoms with Gasteiger partial charge in [0.25, 0.3) is 0 Å². The zero-order chi connectivity index (χ0) is 13.5. The second-order valence-corrected chi connectivity index (χ2v) is 4.57. The van der Waals surface area contributed by atoms with Gasteiger partial charge in [0.1, 0.15) is 0 Å². The fraction of sp³-hybridized carbons (Fsp3) is 0.500. The van der Waals surface area contributed by atoms with Gasteiger partial charge in [-0.05, 0) is 43.5 Å². The second kappa shape index (κ2) is 7.01. The van der Waals surface area contributed by atoms with Crippen molar-refractivity contribution in [2.75, 3.05) is 11.9 Å². The number of nitrogens with one attached hydrogen (secondary N) is 2. The molecule has 0 aliphatic rings. The molecule has 0 spiro atoms. The molecule has 1 unspecified atom stereocenters. The van der Waals surface area contributed by atoms with Crippen LogP contribution < -0.4 is 10.6 Å². The van der Waals surface area contributed by atoms with Gasteiger partial charge in [0, 0.05) is 5.69 Å². The molecule has 3 N–H and O–H groups in total. The van der Waals surface area contributed by atoms with Crippen molar-refractivity contribution in [3.63, 3.8) is 0 Å². The number of carbonyl (C=O) groups excluding carboxylic acids is 1. The van der Waals surface area contributed by atoms with Crippen LogP contribution in [0.25, 0.3) is 0 Å². The molecule has 0 fully saturated rings. The number of amides is 2. The molecule has 0 aromatic heterocycles. The Balaban J connectivity index is 2.67. The maximum atomic E-state index is 11.6. The van der Waals surface area contributed by atoms with E-state index >= 15 is 0 Å². The fourth-order valence-electron chi connectivity index (χ4n) is 1.72. The number of carbonyl (C=O) groups is 1. The van der Waals surface area contributed by atoms with Crippen LogP contribution in [0.2, 0.25) is 0 Å². The first kappa shape index (κ1) is 14.5. The maximum Gasteiger partial charge on any atom is 0.319 e. The molecule has 0 radical (unpaired) electrons. The van der Waals surface area contributed by atoms with Crippen LogP contribution in [0.1, 0.15) is 31.4 Å². The van der Waals surface area contributed by atoms with Gasteiger partial charge in [-0.25, -0.2) is 4.79 Å². The number of anilines is 1. The Labute approximate surface area is 108 Å². The standard InChI is InChI=1S/C14H22N2O2/c1-4-5-12-8-13(7-6-10(12)2)16-14(18)15-11(3)9-17/h6-8,11,17H,4-5,9H2,1-3H3,(H2,15,16,18). The van der Waals surface area contributed by atoms with Crippen molar-refractivity contribution in [3.8, 4) is 0 Å². The van der Waals surface area contributed by atoms with E-state index in [2.05, 4.69) is 24.5 Å². The monoisotopic (exact) mass is 250 g/mol. The molecule has 18 heavy (non-hydrogen) atoms. The van der Waals surface area contributed by atoms with Gasteiger partial charge in [-0.3, -0.25) is 0 Å². The first-order chi connectivity index (χ1) is 8.56. The Hall–Kier alpha value is -1.55. The maximum absolute atomic E-state index is 11.6. The summed E-state index contributed by atoms with van der Waals surface area (Å²) in [6.07, 6.45) is 2.09. The summed E-state index contributed by atoms with van der Waals surface area (Å²) in [5.41, 5.74) is 3.28. The van der Waals surface area contributed by atoms with Crippen molar-refractivity contribution in [2.24, 2.45) is 0 Å². The summed E-state index contributed by atoms with van der Waals surface area (Å²) in [6, 6.07) is 5.36. The van der Waals surface area contributed by atoms with E-state index in [0.29, 0.717) is 0 Å². The van der Waals surface area contributed by atoms with Gasteiger partial charge < -0.3 is 15.7 Å². The highest BCUT2D eigenvalue weighted by Gasteiger charge is 2.07. The van der Waals surface area contributed by atoms with Crippen LogP contribution in [0.15, 0.2) is 18.2 Å². The first-order valence-corrected chi connectivity index (χ1v) is 6.34. The van der Waals surface area contributed by atoms with Gasteiger partial charge in [0.2, 0.25) is 0 Å². The average molecular weight is 250 g/mol. The number of rotatable bonds is 5. The van der Waals surface area contributed by atoms with Crippen LogP contribution in [-0.4, -0.2) is 23.8 Å². The Kier molecular flexibility index (Phi) is 5.65. The lowest BCUT2D eigenvalue weighted by Gasteiger charge is -2.13. The summed E-state index contributed by atoms with van der Waals surface area (Å²) in [5, 5.41) is 14.3. The van der Waals surface area contributed by atoms with Gasteiger partial charge in [-0.15, -0.1) is 0 Å². The third kappa shape index (κ3) is 4.37. The van der Waals surface area contributed by atoms with Gasteiger partial charge >= 0.3 is 6.03 Å². The van der Waals surface area contributed by atoms with Crippen molar-refractivity contribution in [1.82, 2.24) is 5.32 Å². The zero-order valence-corrected chi connectivity index (χ0v) is 11.3. The van der Waals surface area contributed by atoms with Crippen molar-refractivity contribution in [2.45, 2.75) is 39.7 Å². The molecule has 4 nitrogen and oxygen atoms in total. The Bertz CT molecular complexity index is 405. The van der Waals surface area contributed by atoms with E-state index in [4.69, 9.17) is 5.11 Å². The van der Waals surface area contributed by atoms with Crippen LogP contribution in [0, 0.1) is 6.92 Å². The number of aliphatic hydroxyl groups excluding tert-OH is 1. The van der Waals surface area contributed by atoms with E-state index in [9.17, 15) is 4.79 Å². The lowest BCUT2D eigenvalue weighted by Crippen LogP contribution is -2.38. The molecule has 100 valence electrons. The molecule has 0 aliphatic carbocycles. The van der Waals surface area contributed by atoms with E-state index in [0.717, 1.165) is 18.5 Å². The van der Waals surface area contributed by atoms with E-state index in [1.54, 1.807) is 6.92 Å². The molecule has 2 amide bonds. The SMILES string of the molecule is CCCc1cc(NC(=O)NC(C)CO)ccc1C. The van der Waals surface area contributed by atoms with Gasteiger partial charge in [-0.2, -0.15) is 0 Å². The number of urea groups is 1. The Morgan fingerprint density at radius 1 is 1.44 bits per heavy atom. The van der Waals surface area contributed by atoms with Crippen LogP contribution in [0.4, 0.5) is 10.5 Å². The van der Waals surface area contributed by atoms with Crippen molar-refractivity contribution in [1.29, 1.82) is 0 Å².